The molecule has 0 unspecified atom stereocenters. The summed E-state index contributed by atoms with van der Waals surface area (Å²) in [7, 11) is 3.16. The van der Waals surface area contributed by atoms with Crippen molar-refractivity contribution >= 4 is 40.1 Å². The van der Waals surface area contributed by atoms with E-state index in [1.165, 1.54) is 18.2 Å². The molecule has 0 radical (unpaired) electrons. The van der Waals surface area contributed by atoms with E-state index in [1.807, 2.05) is 12.1 Å². The first kappa shape index (κ1) is 20.1. The second kappa shape index (κ2) is 7.94. The van der Waals surface area contributed by atoms with E-state index in [2.05, 4.69) is 10.3 Å². The topological polar surface area (TPSA) is 120 Å². The highest BCUT2D eigenvalue weighted by Gasteiger charge is 2.22. The molecule has 2 N–H and O–H groups in total. The Kier molecular flexibility index (Phi) is 5.16. The summed E-state index contributed by atoms with van der Waals surface area (Å²) in [5.41, 5.74) is 2.06. The zero-order valence-corrected chi connectivity index (χ0v) is 16.8. The van der Waals surface area contributed by atoms with Gasteiger partial charge in [-0.05, 0) is 54.5 Å². The molecule has 1 aromatic heterocycles. The standard InChI is InChI=1S/C22H19N3O6/c1-30-15-4-6-18(31-2)13(10-15)9-12-7-8-25-19(12)24-17-11-14(23-20(26)22(28)29)3-5-16(17)21(25)27/h3-6,9-11H,7-8H2,1-2H3,(H,23,26)(H,28,29). The first-order chi connectivity index (χ1) is 14.9. The summed E-state index contributed by atoms with van der Waals surface area (Å²) in [4.78, 5) is 39.8. The smallest absolute Gasteiger partial charge is 0.394 e. The molecule has 31 heavy (non-hydrogen) atoms. The number of nitrogens with zero attached hydrogens (tertiary/aromatic N) is 2. The Hall–Kier alpha value is -4.14. The third kappa shape index (κ3) is 3.73. The van der Waals surface area contributed by atoms with Gasteiger partial charge in [-0.1, -0.05) is 0 Å². The number of carbonyl (C=O) groups is 2. The van der Waals surface area contributed by atoms with Crippen LogP contribution in [0.15, 0.2) is 41.2 Å². The highest BCUT2D eigenvalue weighted by molar-refractivity contribution is 6.36. The average molecular weight is 421 g/mol. The van der Waals surface area contributed by atoms with E-state index in [-0.39, 0.29) is 11.2 Å². The summed E-state index contributed by atoms with van der Waals surface area (Å²) in [6.45, 7) is 0.493. The molecule has 0 aliphatic carbocycles. The average Bonchev–Trinajstić information content (AvgIpc) is 3.16. The van der Waals surface area contributed by atoms with Crippen LogP contribution in [0.4, 0.5) is 5.69 Å². The molecule has 0 saturated heterocycles. The molecule has 0 atom stereocenters. The number of ether oxygens (including phenoxy) is 2. The number of hydrogen-bond acceptors (Lipinski definition) is 6. The number of benzene rings is 2. The van der Waals surface area contributed by atoms with Crippen molar-refractivity contribution in [2.24, 2.45) is 0 Å². The molecule has 158 valence electrons. The number of allylic oxidation sites excluding steroid dienone is 1. The van der Waals surface area contributed by atoms with E-state index in [0.717, 1.165) is 11.1 Å². The first-order valence-electron chi connectivity index (χ1n) is 9.43. The molecule has 9 heteroatoms. The molecule has 0 fully saturated rings. The Morgan fingerprint density at radius 2 is 1.97 bits per heavy atom. The van der Waals surface area contributed by atoms with Crippen molar-refractivity contribution in [2.45, 2.75) is 13.0 Å². The van der Waals surface area contributed by atoms with Crippen LogP contribution in [0.2, 0.25) is 0 Å². The van der Waals surface area contributed by atoms with Gasteiger partial charge in [0.25, 0.3) is 5.56 Å². The van der Waals surface area contributed by atoms with Crippen LogP contribution >= 0.6 is 0 Å². The number of carboxylic acids is 1. The SMILES string of the molecule is COc1ccc(OC)c(C=C2CCn3c2nc2cc(NC(=O)C(=O)O)ccc2c3=O)c1. The van der Waals surface area contributed by atoms with Crippen LogP contribution in [0.1, 0.15) is 17.8 Å². The number of methoxy groups -OCH3 is 2. The number of aliphatic carboxylic acids is 1. The molecule has 0 bridgehead atoms. The molecule has 0 saturated carbocycles. The van der Waals surface area contributed by atoms with Crippen molar-refractivity contribution in [3.8, 4) is 11.5 Å². The van der Waals surface area contributed by atoms with Gasteiger partial charge in [-0.3, -0.25) is 14.2 Å². The predicted molar refractivity (Wildman–Crippen MR) is 114 cm³/mol. The summed E-state index contributed by atoms with van der Waals surface area (Å²) in [6, 6.07) is 9.94. The Labute approximate surface area is 176 Å². The minimum absolute atomic E-state index is 0.197. The zero-order chi connectivity index (χ0) is 22.1. The summed E-state index contributed by atoms with van der Waals surface area (Å²) in [6.07, 6.45) is 2.52. The summed E-state index contributed by atoms with van der Waals surface area (Å²) < 4.78 is 12.3. The van der Waals surface area contributed by atoms with Gasteiger partial charge >= 0.3 is 11.9 Å². The fourth-order valence-electron chi connectivity index (χ4n) is 3.56. The molecule has 1 aliphatic heterocycles. The van der Waals surface area contributed by atoms with Crippen LogP contribution in [-0.4, -0.2) is 40.8 Å². The minimum atomic E-state index is -1.60. The lowest BCUT2D eigenvalue weighted by Crippen LogP contribution is -2.23. The van der Waals surface area contributed by atoms with E-state index < -0.39 is 11.9 Å². The first-order valence-corrected chi connectivity index (χ1v) is 9.43. The van der Waals surface area contributed by atoms with Crippen LogP contribution in [0.3, 0.4) is 0 Å². The predicted octanol–water partition coefficient (Wildman–Crippen LogP) is 2.38. The van der Waals surface area contributed by atoms with Gasteiger partial charge in [0.1, 0.15) is 17.3 Å². The van der Waals surface area contributed by atoms with Crippen LogP contribution in [-0.2, 0) is 16.1 Å². The van der Waals surface area contributed by atoms with E-state index in [9.17, 15) is 14.4 Å². The van der Waals surface area contributed by atoms with Crippen LogP contribution in [0.25, 0.3) is 22.6 Å². The van der Waals surface area contributed by atoms with Gasteiger partial charge in [0, 0.05) is 17.8 Å². The van der Waals surface area contributed by atoms with Crippen molar-refractivity contribution < 1.29 is 24.2 Å². The second-order valence-corrected chi connectivity index (χ2v) is 6.91. The maximum absolute atomic E-state index is 13.0. The summed E-state index contributed by atoms with van der Waals surface area (Å²) >= 11 is 0. The molecule has 9 nitrogen and oxygen atoms in total. The van der Waals surface area contributed by atoms with Crippen molar-refractivity contribution in [1.29, 1.82) is 0 Å². The number of anilines is 1. The summed E-state index contributed by atoms with van der Waals surface area (Å²) in [5.74, 6) is -0.909. The van der Waals surface area contributed by atoms with E-state index in [1.54, 1.807) is 30.9 Å². The second-order valence-electron chi connectivity index (χ2n) is 6.91. The van der Waals surface area contributed by atoms with Gasteiger partial charge in [-0.15, -0.1) is 0 Å². The van der Waals surface area contributed by atoms with E-state index >= 15 is 0 Å². The van der Waals surface area contributed by atoms with Gasteiger partial charge in [-0.2, -0.15) is 0 Å². The highest BCUT2D eigenvalue weighted by atomic mass is 16.5. The van der Waals surface area contributed by atoms with Crippen molar-refractivity contribution in [3.05, 3.63) is 58.1 Å². The van der Waals surface area contributed by atoms with Crippen LogP contribution in [0, 0.1) is 0 Å². The van der Waals surface area contributed by atoms with E-state index in [0.29, 0.717) is 41.2 Å². The minimum Gasteiger partial charge on any atom is -0.497 e. The Bertz CT molecular complexity index is 1310. The normalized spacial score (nSPS) is 13.8. The molecular weight excluding hydrogens is 402 g/mol. The number of carboxylic acid groups (broad SMARTS) is 1. The maximum atomic E-state index is 13.0. The number of carbonyl (C=O) groups excluding carboxylic acids is 1. The lowest BCUT2D eigenvalue weighted by molar-refractivity contribution is -0.147. The Morgan fingerprint density at radius 3 is 2.68 bits per heavy atom. The number of aromatic nitrogens is 2. The van der Waals surface area contributed by atoms with Crippen molar-refractivity contribution in [2.75, 3.05) is 19.5 Å². The Balaban J connectivity index is 1.81. The monoisotopic (exact) mass is 421 g/mol. The van der Waals surface area contributed by atoms with Crippen LogP contribution < -0.4 is 20.3 Å². The highest BCUT2D eigenvalue weighted by Crippen LogP contribution is 2.32. The van der Waals surface area contributed by atoms with Gasteiger partial charge < -0.3 is 19.9 Å². The third-order valence-corrected chi connectivity index (χ3v) is 5.07. The summed E-state index contributed by atoms with van der Waals surface area (Å²) in [5, 5.41) is 11.4. The number of amides is 1. The third-order valence-electron chi connectivity index (χ3n) is 5.07. The Morgan fingerprint density at radius 1 is 1.16 bits per heavy atom. The fraction of sp³-hybridized carbons (Fsp3) is 0.182. The lowest BCUT2D eigenvalue weighted by atomic mass is 10.1. The number of hydrogen-bond donors (Lipinski definition) is 2. The zero-order valence-electron chi connectivity index (χ0n) is 16.8. The van der Waals surface area contributed by atoms with Crippen molar-refractivity contribution in [1.82, 2.24) is 9.55 Å². The number of rotatable bonds is 4. The maximum Gasteiger partial charge on any atom is 0.394 e. The van der Waals surface area contributed by atoms with Crippen LogP contribution in [0.5, 0.6) is 11.5 Å². The molecular formula is C22H19N3O6. The quantitative estimate of drug-likeness (QED) is 0.621. The molecule has 4 rings (SSSR count). The number of fused-ring (bicyclic) bond motifs is 2. The molecule has 1 amide bonds. The molecule has 1 aliphatic rings. The largest absolute Gasteiger partial charge is 0.497 e. The fourth-order valence-corrected chi connectivity index (χ4v) is 3.56. The molecule has 2 heterocycles. The molecule has 2 aromatic carbocycles. The molecule has 0 spiro atoms. The van der Waals surface area contributed by atoms with E-state index in [4.69, 9.17) is 14.6 Å². The van der Waals surface area contributed by atoms with Crippen molar-refractivity contribution in [3.63, 3.8) is 0 Å². The van der Waals surface area contributed by atoms with Gasteiger partial charge in [0.15, 0.2) is 0 Å². The molecule has 3 aromatic rings. The lowest BCUT2D eigenvalue weighted by Gasteiger charge is -2.09. The van der Waals surface area contributed by atoms with Gasteiger partial charge in [0.05, 0.1) is 25.1 Å². The van der Waals surface area contributed by atoms with Gasteiger partial charge in [0.2, 0.25) is 0 Å². The number of nitrogens with one attached hydrogen (secondary N) is 1. The van der Waals surface area contributed by atoms with Gasteiger partial charge in [-0.25, -0.2) is 9.78 Å².